The summed E-state index contributed by atoms with van der Waals surface area (Å²) in [6.07, 6.45) is 0. The lowest BCUT2D eigenvalue weighted by atomic mass is 9.70. The average molecular weight is 652 g/mol. The standard InChI is InChI=1S/C47H29N3O/c51-43(30-14-4-1-5-15-30)33-24-26-37-35-20-10-12-22-39(35)47(41(37)28-33)40-23-13-11-21-36(40)38-27-25-34(29-42(38)47)46-49-44(31-16-6-2-7-17-31)48-45(50-46)32-18-8-3-9-19-32/h1-29H. The van der Waals surface area contributed by atoms with Crippen molar-refractivity contribution >= 4 is 5.78 Å². The van der Waals surface area contributed by atoms with Crippen LogP contribution >= 0.6 is 0 Å². The van der Waals surface area contributed by atoms with E-state index in [1.165, 1.54) is 22.3 Å². The molecule has 0 saturated carbocycles. The van der Waals surface area contributed by atoms with E-state index in [9.17, 15) is 4.79 Å². The molecular weight excluding hydrogens is 623 g/mol. The fraction of sp³-hybridized carbons (Fsp3) is 0.0213. The summed E-state index contributed by atoms with van der Waals surface area (Å²) in [7, 11) is 0. The fourth-order valence-electron chi connectivity index (χ4n) is 8.11. The maximum absolute atomic E-state index is 13.9. The molecule has 1 unspecified atom stereocenters. The molecule has 0 amide bonds. The number of benzene rings is 7. The van der Waals surface area contributed by atoms with Crippen LogP contribution in [0.2, 0.25) is 0 Å². The van der Waals surface area contributed by atoms with Crippen molar-refractivity contribution < 1.29 is 4.79 Å². The second-order valence-electron chi connectivity index (χ2n) is 13.1. The predicted molar refractivity (Wildman–Crippen MR) is 202 cm³/mol. The normalized spacial score (nSPS) is 14.8. The smallest absolute Gasteiger partial charge is 0.193 e. The Morgan fingerprint density at radius 2 is 0.784 bits per heavy atom. The van der Waals surface area contributed by atoms with Crippen LogP contribution in [0, 0.1) is 0 Å². The topological polar surface area (TPSA) is 55.7 Å². The van der Waals surface area contributed by atoms with Crippen molar-refractivity contribution in [3.05, 3.63) is 209 Å². The first-order chi connectivity index (χ1) is 25.2. The van der Waals surface area contributed by atoms with E-state index in [-0.39, 0.29) is 5.78 Å². The molecule has 10 rings (SSSR count). The summed E-state index contributed by atoms with van der Waals surface area (Å²) in [4.78, 5) is 29.0. The Hall–Kier alpha value is -6.78. The van der Waals surface area contributed by atoms with Gasteiger partial charge in [0.15, 0.2) is 23.3 Å². The summed E-state index contributed by atoms with van der Waals surface area (Å²) >= 11 is 0. The molecule has 1 spiro atoms. The molecule has 51 heavy (non-hydrogen) atoms. The van der Waals surface area contributed by atoms with Gasteiger partial charge in [-0.05, 0) is 56.6 Å². The van der Waals surface area contributed by atoms with Crippen LogP contribution in [0.5, 0.6) is 0 Å². The van der Waals surface area contributed by atoms with Crippen molar-refractivity contribution in [3.8, 4) is 56.4 Å². The first-order valence-corrected chi connectivity index (χ1v) is 17.2. The highest BCUT2D eigenvalue weighted by Crippen LogP contribution is 2.63. The molecule has 0 aliphatic heterocycles. The Labute approximate surface area is 295 Å². The van der Waals surface area contributed by atoms with Gasteiger partial charge in [-0.2, -0.15) is 0 Å². The number of fused-ring (bicyclic) bond motifs is 10. The summed E-state index contributed by atoms with van der Waals surface area (Å²) in [5, 5.41) is 0. The lowest BCUT2D eigenvalue weighted by Crippen LogP contribution is -2.26. The molecule has 1 atom stereocenters. The van der Waals surface area contributed by atoms with E-state index in [0.29, 0.717) is 28.6 Å². The zero-order valence-corrected chi connectivity index (χ0v) is 27.5. The zero-order valence-electron chi connectivity index (χ0n) is 27.5. The van der Waals surface area contributed by atoms with Gasteiger partial charge in [0.05, 0.1) is 5.41 Å². The van der Waals surface area contributed by atoms with Crippen LogP contribution in [-0.2, 0) is 5.41 Å². The Bertz CT molecular complexity index is 2580. The molecule has 8 aromatic rings. The molecule has 0 N–H and O–H groups in total. The summed E-state index contributed by atoms with van der Waals surface area (Å²) < 4.78 is 0. The highest BCUT2D eigenvalue weighted by atomic mass is 16.1. The van der Waals surface area contributed by atoms with Gasteiger partial charge in [0, 0.05) is 27.8 Å². The van der Waals surface area contributed by atoms with Gasteiger partial charge in [0.25, 0.3) is 0 Å². The molecule has 1 heterocycles. The van der Waals surface area contributed by atoms with Gasteiger partial charge in [-0.25, -0.2) is 15.0 Å². The highest BCUT2D eigenvalue weighted by molar-refractivity contribution is 6.10. The minimum atomic E-state index is -0.640. The van der Waals surface area contributed by atoms with Gasteiger partial charge in [-0.15, -0.1) is 0 Å². The lowest BCUT2D eigenvalue weighted by molar-refractivity contribution is 0.103. The van der Waals surface area contributed by atoms with Gasteiger partial charge < -0.3 is 0 Å². The highest BCUT2D eigenvalue weighted by Gasteiger charge is 2.52. The third kappa shape index (κ3) is 4.40. The van der Waals surface area contributed by atoms with E-state index >= 15 is 0 Å². The van der Waals surface area contributed by atoms with Gasteiger partial charge in [0.1, 0.15) is 0 Å². The van der Waals surface area contributed by atoms with Crippen LogP contribution < -0.4 is 0 Å². The molecule has 238 valence electrons. The van der Waals surface area contributed by atoms with Crippen molar-refractivity contribution in [3.63, 3.8) is 0 Å². The molecule has 2 aliphatic carbocycles. The van der Waals surface area contributed by atoms with E-state index in [1.54, 1.807) is 0 Å². The van der Waals surface area contributed by atoms with Gasteiger partial charge in [0.2, 0.25) is 0 Å². The first kappa shape index (κ1) is 29.2. The zero-order chi connectivity index (χ0) is 33.9. The monoisotopic (exact) mass is 651 g/mol. The minimum Gasteiger partial charge on any atom is -0.289 e. The third-order valence-corrected chi connectivity index (χ3v) is 10.3. The number of hydrogen-bond acceptors (Lipinski definition) is 4. The van der Waals surface area contributed by atoms with Crippen molar-refractivity contribution in [2.45, 2.75) is 5.41 Å². The molecular formula is C47H29N3O. The number of carbonyl (C=O) groups is 1. The summed E-state index contributed by atoms with van der Waals surface area (Å²) in [6, 6.07) is 59.9. The van der Waals surface area contributed by atoms with Crippen LogP contribution in [0.15, 0.2) is 176 Å². The number of hydrogen-bond donors (Lipinski definition) is 0. The first-order valence-electron chi connectivity index (χ1n) is 17.2. The summed E-state index contributed by atoms with van der Waals surface area (Å²) in [5.74, 6) is 1.87. The minimum absolute atomic E-state index is 0.0110. The number of rotatable bonds is 5. The van der Waals surface area contributed by atoms with Gasteiger partial charge in [-0.1, -0.05) is 164 Å². The van der Waals surface area contributed by atoms with Crippen LogP contribution in [0.4, 0.5) is 0 Å². The maximum Gasteiger partial charge on any atom is 0.193 e. The van der Waals surface area contributed by atoms with Crippen LogP contribution in [-0.4, -0.2) is 20.7 Å². The Morgan fingerprint density at radius 1 is 0.353 bits per heavy atom. The Morgan fingerprint density at radius 3 is 1.35 bits per heavy atom. The SMILES string of the molecule is O=C(c1ccccc1)c1ccc2c(c1)C1(c3ccccc3-2)c2ccccc2-c2ccc(-c3nc(-c4ccccc4)nc(-c4ccccc4)n3)cc21. The second kappa shape index (κ2) is 11.4. The number of ketones is 1. The summed E-state index contributed by atoms with van der Waals surface area (Å²) in [5.41, 5.74) is 12.8. The predicted octanol–water partition coefficient (Wildman–Crippen LogP) is 10.4. The molecule has 7 aromatic carbocycles. The fourth-order valence-corrected chi connectivity index (χ4v) is 8.11. The third-order valence-electron chi connectivity index (χ3n) is 10.3. The van der Waals surface area contributed by atoms with Crippen LogP contribution in [0.3, 0.4) is 0 Å². The molecule has 1 aromatic heterocycles. The van der Waals surface area contributed by atoms with Crippen LogP contribution in [0.1, 0.15) is 38.2 Å². The number of carbonyl (C=O) groups excluding carboxylic acids is 1. The molecule has 0 saturated heterocycles. The average Bonchev–Trinajstić information content (AvgIpc) is 3.68. The van der Waals surface area contributed by atoms with E-state index in [0.717, 1.165) is 38.9 Å². The van der Waals surface area contributed by atoms with Crippen LogP contribution in [0.25, 0.3) is 56.4 Å². The molecule has 0 radical (unpaired) electrons. The van der Waals surface area contributed by atoms with E-state index in [1.807, 2.05) is 97.1 Å². The van der Waals surface area contributed by atoms with Gasteiger partial charge in [-0.3, -0.25) is 4.79 Å². The Kier molecular flexibility index (Phi) is 6.52. The van der Waals surface area contributed by atoms with Crippen molar-refractivity contribution in [1.29, 1.82) is 0 Å². The summed E-state index contributed by atoms with van der Waals surface area (Å²) in [6.45, 7) is 0. The van der Waals surface area contributed by atoms with Crippen molar-refractivity contribution in [2.24, 2.45) is 0 Å². The lowest BCUT2D eigenvalue weighted by Gasteiger charge is -2.31. The number of nitrogens with zero attached hydrogens (tertiary/aromatic N) is 3. The quantitative estimate of drug-likeness (QED) is 0.174. The molecule has 4 nitrogen and oxygen atoms in total. The van der Waals surface area contributed by atoms with E-state index < -0.39 is 5.41 Å². The maximum atomic E-state index is 13.9. The van der Waals surface area contributed by atoms with Crippen molar-refractivity contribution in [2.75, 3.05) is 0 Å². The molecule has 0 bridgehead atoms. The van der Waals surface area contributed by atoms with E-state index in [4.69, 9.17) is 15.0 Å². The number of aromatic nitrogens is 3. The van der Waals surface area contributed by atoms with E-state index in [2.05, 4.69) is 78.9 Å². The Balaban J connectivity index is 1.23. The molecule has 2 aliphatic rings. The molecule has 4 heteroatoms. The largest absolute Gasteiger partial charge is 0.289 e. The molecule has 0 fully saturated rings. The van der Waals surface area contributed by atoms with Crippen molar-refractivity contribution in [1.82, 2.24) is 15.0 Å². The van der Waals surface area contributed by atoms with Gasteiger partial charge >= 0.3 is 0 Å². The second-order valence-corrected chi connectivity index (χ2v) is 13.1.